The fourth-order valence-electron chi connectivity index (χ4n) is 0.835. The Hall–Kier alpha value is -0.610. The van der Waals surface area contributed by atoms with Gasteiger partial charge in [-0.3, -0.25) is 4.79 Å². The summed E-state index contributed by atoms with van der Waals surface area (Å²) in [6.07, 6.45) is 0. The zero-order chi connectivity index (χ0) is 9.23. The van der Waals surface area contributed by atoms with Gasteiger partial charge in [-0.1, -0.05) is 13.8 Å². The molecule has 0 fully saturated rings. The number of carbonyl (C=O) groups is 1. The summed E-state index contributed by atoms with van der Waals surface area (Å²) in [5.74, 6) is -0.986. The van der Waals surface area contributed by atoms with E-state index in [4.69, 9.17) is 16.6 Å². The Morgan fingerprint density at radius 2 is 1.91 bits per heavy atom. The van der Waals surface area contributed by atoms with Gasteiger partial charge >= 0.3 is 5.97 Å². The zero-order valence-corrected chi connectivity index (χ0v) is 7.16. The van der Waals surface area contributed by atoms with E-state index in [-0.39, 0.29) is 5.92 Å². The third-order valence-electron chi connectivity index (χ3n) is 1.87. The number of hydrogen-bond acceptors (Lipinski definition) is 3. The van der Waals surface area contributed by atoms with E-state index < -0.39 is 17.6 Å². The monoisotopic (exact) mass is 160 g/mol. The molecule has 66 valence electrons. The van der Waals surface area contributed by atoms with Gasteiger partial charge < -0.3 is 16.6 Å². The molecule has 0 aliphatic carbocycles. The van der Waals surface area contributed by atoms with E-state index in [0.717, 1.165) is 0 Å². The van der Waals surface area contributed by atoms with Crippen molar-refractivity contribution < 1.29 is 9.90 Å². The molecule has 0 saturated carbocycles. The first-order valence-corrected chi connectivity index (χ1v) is 3.58. The van der Waals surface area contributed by atoms with E-state index in [1.165, 1.54) is 6.92 Å². The van der Waals surface area contributed by atoms with Crippen LogP contribution in [-0.4, -0.2) is 22.7 Å². The molecule has 2 unspecified atom stereocenters. The number of carboxylic acids is 1. The minimum Gasteiger partial charge on any atom is -0.480 e. The Morgan fingerprint density at radius 3 is 2.00 bits per heavy atom. The average molecular weight is 160 g/mol. The second-order valence-corrected chi connectivity index (χ2v) is 3.36. The topological polar surface area (TPSA) is 89.3 Å². The lowest BCUT2D eigenvalue weighted by molar-refractivity contribution is -0.143. The second-order valence-electron chi connectivity index (χ2n) is 3.36. The van der Waals surface area contributed by atoms with Crippen molar-refractivity contribution in [2.45, 2.75) is 32.4 Å². The molecule has 0 aromatic rings. The second kappa shape index (κ2) is 3.19. The Balaban J connectivity index is 4.42. The van der Waals surface area contributed by atoms with Crippen LogP contribution in [0.5, 0.6) is 0 Å². The van der Waals surface area contributed by atoms with Gasteiger partial charge in [0.05, 0.1) is 0 Å². The number of aliphatic carboxylic acids is 1. The highest BCUT2D eigenvalue weighted by molar-refractivity contribution is 5.79. The molecule has 0 radical (unpaired) electrons. The van der Waals surface area contributed by atoms with Crippen molar-refractivity contribution in [2.24, 2.45) is 17.4 Å². The SMILES string of the molecule is CC(C)C(N)C(C)(N)C(=O)O. The molecule has 4 nitrogen and oxygen atoms in total. The summed E-state index contributed by atoms with van der Waals surface area (Å²) in [4.78, 5) is 10.6. The highest BCUT2D eigenvalue weighted by atomic mass is 16.4. The molecular weight excluding hydrogens is 144 g/mol. The van der Waals surface area contributed by atoms with Crippen LogP contribution in [0.1, 0.15) is 20.8 Å². The largest absolute Gasteiger partial charge is 0.480 e. The van der Waals surface area contributed by atoms with Crippen molar-refractivity contribution in [1.82, 2.24) is 0 Å². The summed E-state index contributed by atoms with van der Waals surface area (Å²) in [5.41, 5.74) is 9.74. The molecule has 0 saturated heterocycles. The summed E-state index contributed by atoms with van der Waals surface area (Å²) in [6.45, 7) is 5.12. The summed E-state index contributed by atoms with van der Waals surface area (Å²) >= 11 is 0. The van der Waals surface area contributed by atoms with Gasteiger partial charge in [0.15, 0.2) is 0 Å². The van der Waals surface area contributed by atoms with Crippen LogP contribution < -0.4 is 11.5 Å². The number of rotatable bonds is 3. The Kier molecular flexibility index (Phi) is 3.02. The Labute approximate surface area is 66.6 Å². The van der Waals surface area contributed by atoms with Gasteiger partial charge in [0.25, 0.3) is 0 Å². The number of nitrogens with two attached hydrogens (primary N) is 2. The third-order valence-corrected chi connectivity index (χ3v) is 1.87. The fraction of sp³-hybridized carbons (Fsp3) is 0.857. The lowest BCUT2D eigenvalue weighted by atomic mass is 9.86. The van der Waals surface area contributed by atoms with Crippen LogP contribution in [0.15, 0.2) is 0 Å². The van der Waals surface area contributed by atoms with Crippen LogP contribution in [0, 0.1) is 5.92 Å². The van der Waals surface area contributed by atoms with Crippen LogP contribution in [0.4, 0.5) is 0 Å². The van der Waals surface area contributed by atoms with E-state index in [2.05, 4.69) is 0 Å². The minimum absolute atomic E-state index is 0.0705. The molecule has 2 atom stereocenters. The molecule has 0 aromatic heterocycles. The summed E-state index contributed by atoms with van der Waals surface area (Å²) in [5, 5.41) is 8.66. The molecule has 11 heavy (non-hydrogen) atoms. The van der Waals surface area contributed by atoms with Gasteiger partial charge in [-0.2, -0.15) is 0 Å². The van der Waals surface area contributed by atoms with Crippen molar-refractivity contribution in [3.05, 3.63) is 0 Å². The fourth-order valence-corrected chi connectivity index (χ4v) is 0.835. The zero-order valence-electron chi connectivity index (χ0n) is 7.16. The molecule has 4 heteroatoms. The summed E-state index contributed by atoms with van der Waals surface area (Å²) in [7, 11) is 0. The average Bonchev–Trinajstić information content (AvgIpc) is 1.85. The molecule has 5 N–H and O–H groups in total. The minimum atomic E-state index is -1.33. The van der Waals surface area contributed by atoms with E-state index >= 15 is 0 Å². The Bertz CT molecular complexity index is 155. The maximum absolute atomic E-state index is 10.6. The maximum atomic E-state index is 10.6. The van der Waals surface area contributed by atoms with E-state index in [1.807, 2.05) is 13.8 Å². The molecule has 0 aliphatic heterocycles. The molecule has 0 aromatic carbocycles. The van der Waals surface area contributed by atoms with Gasteiger partial charge in [0, 0.05) is 6.04 Å². The predicted octanol–water partition coefficient (Wildman–Crippen LogP) is -0.228. The van der Waals surface area contributed by atoms with Crippen molar-refractivity contribution in [1.29, 1.82) is 0 Å². The molecule has 0 rings (SSSR count). The lowest BCUT2D eigenvalue weighted by Gasteiger charge is -2.29. The molecular formula is C7H16N2O2. The number of hydrogen-bond donors (Lipinski definition) is 3. The first-order chi connectivity index (χ1) is 4.80. The van der Waals surface area contributed by atoms with Gasteiger partial charge in [0.2, 0.25) is 0 Å². The molecule has 0 aliphatic rings. The summed E-state index contributed by atoms with van der Waals surface area (Å²) < 4.78 is 0. The van der Waals surface area contributed by atoms with Gasteiger partial charge in [0.1, 0.15) is 5.54 Å². The highest BCUT2D eigenvalue weighted by Crippen LogP contribution is 2.12. The number of carboxylic acid groups (broad SMARTS) is 1. The molecule has 0 spiro atoms. The maximum Gasteiger partial charge on any atom is 0.325 e. The predicted molar refractivity (Wildman–Crippen MR) is 43.0 cm³/mol. The van der Waals surface area contributed by atoms with Crippen molar-refractivity contribution in [3.8, 4) is 0 Å². The normalized spacial score (nSPS) is 19.5. The third kappa shape index (κ3) is 2.17. The van der Waals surface area contributed by atoms with Crippen LogP contribution in [0.3, 0.4) is 0 Å². The van der Waals surface area contributed by atoms with Crippen molar-refractivity contribution in [2.75, 3.05) is 0 Å². The highest BCUT2D eigenvalue weighted by Gasteiger charge is 2.36. The Morgan fingerprint density at radius 1 is 1.55 bits per heavy atom. The van der Waals surface area contributed by atoms with E-state index in [0.29, 0.717) is 0 Å². The van der Waals surface area contributed by atoms with E-state index in [9.17, 15) is 4.79 Å². The van der Waals surface area contributed by atoms with Gasteiger partial charge in [-0.25, -0.2) is 0 Å². The van der Waals surface area contributed by atoms with Crippen LogP contribution in [-0.2, 0) is 4.79 Å². The lowest BCUT2D eigenvalue weighted by Crippen LogP contribution is -2.60. The van der Waals surface area contributed by atoms with Crippen LogP contribution >= 0.6 is 0 Å². The quantitative estimate of drug-likeness (QED) is 0.532. The van der Waals surface area contributed by atoms with Gasteiger partial charge in [-0.05, 0) is 12.8 Å². The van der Waals surface area contributed by atoms with Crippen molar-refractivity contribution in [3.63, 3.8) is 0 Å². The first kappa shape index (κ1) is 10.4. The van der Waals surface area contributed by atoms with Crippen LogP contribution in [0.2, 0.25) is 0 Å². The van der Waals surface area contributed by atoms with Crippen molar-refractivity contribution >= 4 is 5.97 Å². The molecule has 0 heterocycles. The van der Waals surface area contributed by atoms with Gasteiger partial charge in [-0.15, -0.1) is 0 Å². The van der Waals surface area contributed by atoms with E-state index in [1.54, 1.807) is 0 Å². The standard InChI is InChI=1S/C7H16N2O2/c1-4(2)5(8)7(3,9)6(10)11/h4-5H,8-9H2,1-3H3,(H,10,11). The molecule has 0 bridgehead atoms. The van der Waals surface area contributed by atoms with Crippen LogP contribution in [0.25, 0.3) is 0 Å². The smallest absolute Gasteiger partial charge is 0.325 e. The molecule has 0 amide bonds. The first-order valence-electron chi connectivity index (χ1n) is 3.58. The summed E-state index contributed by atoms with van der Waals surface area (Å²) in [6, 6.07) is -0.514.